The van der Waals surface area contributed by atoms with Gasteiger partial charge in [0.05, 0.1) is 26.1 Å². The number of carbonyl (C=O) groups excluding carboxylic acids is 1. The molecule has 0 aromatic heterocycles. The topological polar surface area (TPSA) is 116 Å². The van der Waals surface area contributed by atoms with Crippen LogP contribution < -0.4 is 5.32 Å². The number of carbonyl (C=O) groups is 3. The zero-order valence-corrected chi connectivity index (χ0v) is 20.5. The molecule has 0 rings (SSSR count). The molecule has 0 unspecified atom stereocenters. The van der Waals surface area contributed by atoms with Crippen molar-refractivity contribution < 1.29 is 29.3 Å². The average Bonchev–Trinajstić information content (AvgIpc) is 2.51. The van der Waals surface area contributed by atoms with Gasteiger partial charge in [-0.25, -0.2) is 0 Å². The molecule has 0 saturated carbocycles. The van der Waals surface area contributed by atoms with Gasteiger partial charge < -0.3 is 20.3 Å². The number of carboxylic acids is 2. The monoisotopic (exact) mass is 392 g/mol. The molecule has 0 fully saturated rings. The van der Waals surface area contributed by atoms with Crippen LogP contribution in [0.15, 0.2) is 0 Å². The third-order valence-electron chi connectivity index (χ3n) is 3.41. The van der Waals surface area contributed by atoms with Crippen LogP contribution in [0.25, 0.3) is 0 Å². The Morgan fingerprint density at radius 2 is 1.54 bits per heavy atom. The summed E-state index contributed by atoms with van der Waals surface area (Å²) in [5.41, 5.74) is 0. The Morgan fingerprint density at radius 3 is 2.12 bits per heavy atom. The van der Waals surface area contributed by atoms with E-state index in [2.05, 4.69) is 12.2 Å². The van der Waals surface area contributed by atoms with Crippen LogP contribution in [0.4, 0.5) is 0 Å². The molecule has 0 aliphatic heterocycles. The molecule has 0 atom stereocenters. The van der Waals surface area contributed by atoms with Crippen LogP contribution in [0.2, 0.25) is 0 Å². The molecule has 8 nitrogen and oxygen atoms in total. The zero-order chi connectivity index (χ0) is 18.2. The first-order chi connectivity index (χ1) is 11.5. The van der Waals surface area contributed by atoms with E-state index in [9.17, 15) is 14.4 Å². The van der Waals surface area contributed by atoms with Crippen LogP contribution in [0, 0.1) is 0 Å². The summed E-state index contributed by atoms with van der Waals surface area (Å²) in [7, 11) is 0. The van der Waals surface area contributed by atoms with Crippen molar-refractivity contribution in [3.05, 3.63) is 0 Å². The number of unbranched alkanes of at least 4 members (excludes halogenated alkanes) is 2. The standard InChI is InChI=1S/C16H30N2O6.2Na/c1-2-3-4-5-14(19)17-8-10-18(9-6-15(20)21)11-13-24-12-7-16(22)23;;/h2-13H2,1H3,(H,17,19)(H,20,21)(H,22,23);;. The van der Waals surface area contributed by atoms with Crippen molar-refractivity contribution in [1.29, 1.82) is 0 Å². The fourth-order valence-electron chi connectivity index (χ4n) is 2.02. The van der Waals surface area contributed by atoms with E-state index in [1.54, 1.807) is 0 Å². The van der Waals surface area contributed by atoms with Gasteiger partial charge in [0, 0.05) is 91.7 Å². The van der Waals surface area contributed by atoms with Crippen LogP contribution in [-0.4, -0.2) is 131 Å². The smallest absolute Gasteiger partial charge is 0.305 e. The normalized spacial score (nSPS) is 9.92. The molecule has 142 valence electrons. The summed E-state index contributed by atoms with van der Waals surface area (Å²) in [6.45, 7) is 4.40. The number of nitrogens with one attached hydrogen (secondary N) is 1. The number of rotatable bonds is 16. The minimum absolute atomic E-state index is 0. The molecule has 0 aromatic carbocycles. The molecule has 0 saturated heterocycles. The van der Waals surface area contributed by atoms with Crippen LogP contribution in [-0.2, 0) is 19.1 Å². The van der Waals surface area contributed by atoms with E-state index in [1.807, 2.05) is 4.90 Å². The number of amides is 1. The molecular formula is C16H30N2Na2O6. The number of nitrogens with zero attached hydrogens (tertiary/aromatic N) is 1. The maximum absolute atomic E-state index is 11.6. The molecule has 26 heavy (non-hydrogen) atoms. The first kappa shape index (κ1) is 31.0. The Bertz CT molecular complexity index is 386. The van der Waals surface area contributed by atoms with Gasteiger partial charge in [-0.15, -0.1) is 0 Å². The van der Waals surface area contributed by atoms with Gasteiger partial charge in [-0.2, -0.15) is 0 Å². The third-order valence-corrected chi connectivity index (χ3v) is 3.41. The van der Waals surface area contributed by atoms with Crippen molar-refractivity contribution in [2.45, 2.75) is 45.4 Å². The summed E-state index contributed by atoms with van der Waals surface area (Å²) in [6, 6.07) is 0. The van der Waals surface area contributed by atoms with Crippen molar-refractivity contribution in [1.82, 2.24) is 10.2 Å². The van der Waals surface area contributed by atoms with Crippen LogP contribution >= 0.6 is 0 Å². The maximum atomic E-state index is 11.6. The number of ether oxygens (including phenoxy) is 1. The molecule has 0 aliphatic carbocycles. The van der Waals surface area contributed by atoms with Crippen molar-refractivity contribution in [3.8, 4) is 0 Å². The minimum Gasteiger partial charge on any atom is -0.481 e. The maximum Gasteiger partial charge on any atom is 0.305 e. The Labute approximate surface area is 200 Å². The zero-order valence-electron chi connectivity index (χ0n) is 16.5. The third kappa shape index (κ3) is 22.4. The summed E-state index contributed by atoms with van der Waals surface area (Å²) >= 11 is 0. The van der Waals surface area contributed by atoms with E-state index in [0.717, 1.165) is 19.3 Å². The first-order valence-electron chi connectivity index (χ1n) is 8.46. The van der Waals surface area contributed by atoms with Crippen LogP contribution in [0.3, 0.4) is 0 Å². The van der Waals surface area contributed by atoms with Crippen molar-refractivity contribution >= 4 is 77.0 Å². The Hall–Kier alpha value is 0.330. The fraction of sp³-hybridized carbons (Fsp3) is 0.812. The Kier molecular flexibility index (Phi) is 25.8. The van der Waals surface area contributed by atoms with E-state index in [1.165, 1.54) is 0 Å². The van der Waals surface area contributed by atoms with Gasteiger partial charge in [0.2, 0.25) is 5.91 Å². The predicted octanol–water partition coefficient (Wildman–Crippen LogP) is 0.189. The Balaban J connectivity index is -0.00000264. The van der Waals surface area contributed by atoms with Gasteiger partial charge >= 0.3 is 11.9 Å². The van der Waals surface area contributed by atoms with E-state index in [-0.39, 0.29) is 84.5 Å². The second-order valence-corrected chi connectivity index (χ2v) is 5.55. The van der Waals surface area contributed by atoms with Crippen molar-refractivity contribution in [2.75, 3.05) is 39.4 Å². The quantitative estimate of drug-likeness (QED) is 0.254. The van der Waals surface area contributed by atoms with E-state index in [0.29, 0.717) is 39.2 Å². The molecule has 0 aliphatic rings. The molecule has 2 radical (unpaired) electrons. The second kappa shape index (κ2) is 21.6. The molecular weight excluding hydrogens is 362 g/mol. The summed E-state index contributed by atoms with van der Waals surface area (Å²) < 4.78 is 5.22. The van der Waals surface area contributed by atoms with E-state index < -0.39 is 11.9 Å². The van der Waals surface area contributed by atoms with Gasteiger partial charge in [-0.1, -0.05) is 19.8 Å². The summed E-state index contributed by atoms with van der Waals surface area (Å²) in [5, 5.41) is 20.1. The average molecular weight is 392 g/mol. The predicted molar refractivity (Wildman–Crippen MR) is 100 cm³/mol. The first-order valence-corrected chi connectivity index (χ1v) is 8.46. The molecule has 0 heterocycles. The van der Waals surface area contributed by atoms with Gasteiger partial charge in [-0.3, -0.25) is 19.3 Å². The van der Waals surface area contributed by atoms with Gasteiger partial charge in [-0.05, 0) is 6.42 Å². The molecule has 10 heteroatoms. The Morgan fingerprint density at radius 1 is 0.885 bits per heavy atom. The van der Waals surface area contributed by atoms with E-state index in [4.69, 9.17) is 14.9 Å². The fourth-order valence-corrected chi connectivity index (χ4v) is 2.02. The van der Waals surface area contributed by atoms with Crippen LogP contribution in [0.1, 0.15) is 45.4 Å². The number of aliphatic carboxylic acids is 2. The van der Waals surface area contributed by atoms with Gasteiger partial charge in [0.15, 0.2) is 0 Å². The summed E-state index contributed by atoms with van der Waals surface area (Å²) in [5.74, 6) is -1.78. The van der Waals surface area contributed by atoms with Crippen molar-refractivity contribution in [3.63, 3.8) is 0 Å². The van der Waals surface area contributed by atoms with Gasteiger partial charge in [0.25, 0.3) is 0 Å². The van der Waals surface area contributed by atoms with Crippen LogP contribution in [0.5, 0.6) is 0 Å². The SMILES string of the molecule is CCCCCC(=O)NCCN(CCOCCC(=O)O)CCC(=O)O.[Na].[Na]. The molecule has 3 N–H and O–H groups in total. The number of hydrogen-bond donors (Lipinski definition) is 3. The number of hydrogen-bond acceptors (Lipinski definition) is 5. The molecule has 0 bridgehead atoms. The molecule has 0 spiro atoms. The second-order valence-electron chi connectivity index (χ2n) is 5.55. The molecule has 0 aromatic rings. The molecule has 1 amide bonds. The minimum atomic E-state index is -0.913. The van der Waals surface area contributed by atoms with Crippen molar-refractivity contribution in [2.24, 2.45) is 0 Å². The summed E-state index contributed by atoms with van der Waals surface area (Å²) in [4.78, 5) is 34.6. The largest absolute Gasteiger partial charge is 0.481 e. The number of carboxylic acid groups (broad SMARTS) is 2. The van der Waals surface area contributed by atoms with E-state index >= 15 is 0 Å². The summed E-state index contributed by atoms with van der Waals surface area (Å²) in [6.07, 6.45) is 3.45. The van der Waals surface area contributed by atoms with Gasteiger partial charge in [0.1, 0.15) is 0 Å².